The first-order valence-electron chi connectivity index (χ1n) is 5.90. The second-order valence-corrected chi connectivity index (χ2v) is 4.65. The summed E-state index contributed by atoms with van der Waals surface area (Å²) in [5.74, 6) is 0.845. The molecule has 17 heavy (non-hydrogen) atoms. The van der Waals surface area contributed by atoms with Crippen molar-refractivity contribution in [3.8, 4) is 6.07 Å². The number of rotatable bonds is 1. The van der Waals surface area contributed by atoms with E-state index in [1.54, 1.807) is 0 Å². The van der Waals surface area contributed by atoms with E-state index in [-0.39, 0.29) is 0 Å². The Labute approximate surface area is 102 Å². The number of anilines is 1. The normalized spacial score (nSPS) is 15.4. The van der Waals surface area contributed by atoms with Crippen LogP contribution in [0.4, 0.5) is 5.82 Å². The van der Waals surface area contributed by atoms with Gasteiger partial charge in [0.2, 0.25) is 0 Å². The van der Waals surface area contributed by atoms with Crippen LogP contribution in [0.1, 0.15) is 30.2 Å². The van der Waals surface area contributed by atoms with E-state index in [0.29, 0.717) is 5.56 Å². The third kappa shape index (κ3) is 2.31. The van der Waals surface area contributed by atoms with Crippen LogP contribution in [0.3, 0.4) is 0 Å². The molecule has 0 N–H and O–H groups in total. The van der Waals surface area contributed by atoms with Gasteiger partial charge in [-0.1, -0.05) is 11.6 Å². The van der Waals surface area contributed by atoms with Crippen LogP contribution in [0.5, 0.6) is 0 Å². The van der Waals surface area contributed by atoms with Gasteiger partial charge < -0.3 is 4.90 Å². The molecule has 1 aliphatic rings. The first-order valence-corrected chi connectivity index (χ1v) is 5.90. The molecule has 0 unspecified atom stereocenters. The highest BCUT2D eigenvalue weighted by molar-refractivity contribution is 5.59. The van der Waals surface area contributed by atoms with Gasteiger partial charge in [-0.05, 0) is 38.8 Å². The highest BCUT2D eigenvalue weighted by atomic mass is 15.2. The van der Waals surface area contributed by atoms with Gasteiger partial charge in [-0.3, -0.25) is 0 Å². The van der Waals surface area contributed by atoms with E-state index in [0.717, 1.165) is 36.6 Å². The smallest absolute Gasteiger partial charge is 0.147 e. The molecule has 0 aromatic carbocycles. The summed E-state index contributed by atoms with van der Waals surface area (Å²) in [6, 6.07) is 4.25. The Balaban J connectivity index is 2.45. The van der Waals surface area contributed by atoms with Gasteiger partial charge in [0.05, 0.1) is 5.56 Å². The lowest BCUT2D eigenvalue weighted by Crippen LogP contribution is -2.31. The maximum absolute atomic E-state index is 9.26. The molecule has 0 saturated carbocycles. The van der Waals surface area contributed by atoms with Gasteiger partial charge >= 0.3 is 0 Å². The van der Waals surface area contributed by atoms with Crippen molar-refractivity contribution < 1.29 is 0 Å². The lowest BCUT2D eigenvalue weighted by atomic mass is 10.1. The Bertz CT molecular complexity index is 509. The van der Waals surface area contributed by atoms with E-state index in [9.17, 15) is 5.26 Å². The highest BCUT2D eigenvalue weighted by Crippen LogP contribution is 2.24. The molecule has 2 rings (SSSR count). The molecule has 0 radical (unpaired) electrons. The summed E-state index contributed by atoms with van der Waals surface area (Å²) < 4.78 is 0. The lowest BCUT2D eigenvalue weighted by Gasteiger charge is -2.28. The molecular weight excluding hydrogens is 210 g/mol. The molecule has 1 aliphatic heterocycles. The Morgan fingerprint density at radius 3 is 2.76 bits per heavy atom. The summed E-state index contributed by atoms with van der Waals surface area (Å²) in [7, 11) is 0. The Morgan fingerprint density at radius 1 is 1.35 bits per heavy atom. The zero-order valence-electron chi connectivity index (χ0n) is 10.6. The van der Waals surface area contributed by atoms with Gasteiger partial charge in [0.25, 0.3) is 0 Å². The maximum atomic E-state index is 9.26. The molecular formula is C14H17N3. The topological polar surface area (TPSA) is 39.9 Å². The van der Waals surface area contributed by atoms with Crippen molar-refractivity contribution >= 4 is 5.82 Å². The molecule has 0 amide bonds. The van der Waals surface area contributed by atoms with Gasteiger partial charge in [-0.15, -0.1) is 0 Å². The van der Waals surface area contributed by atoms with E-state index in [1.807, 2.05) is 19.9 Å². The molecule has 0 saturated heterocycles. The number of nitriles is 1. The van der Waals surface area contributed by atoms with Crippen LogP contribution in [0, 0.1) is 25.2 Å². The van der Waals surface area contributed by atoms with Crippen molar-refractivity contribution in [1.29, 1.82) is 5.26 Å². The van der Waals surface area contributed by atoms with Gasteiger partial charge in [0.1, 0.15) is 11.9 Å². The molecule has 0 aliphatic carbocycles. The zero-order valence-corrected chi connectivity index (χ0v) is 10.6. The van der Waals surface area contributed by atoms with Crippen LogP contribution in [0.2, 0.25) is 0 Å². The van der Waals surface area contributed by atoms with Crippen LogP contribution in [-0.4, -0.2) is 18.1 Å². The number of hydrogen-bond donors (Lipinski definition) is 0. The SMILES string of the molecule is CC1=CCCN(c2nc(C)cc(C)c2C#N)C1. The second-order valence-electron chi connectivity index (χ2n) is 4.65. The summed E-state index contributed by atoms with van der Waals surface area (Å²) in [5, 5.41) is 9.26. The van der Waals surface area contributed by atoms with Crippen molar-refractivity contribution in [3.63, 3.8) is 0 Å². The van der Waals surface area contributed by atoms with Gasteiger partial charge in [-0.25, -0.2) is 4.98 Å². The summed E-state index contributed by atoms with van der Waals surface area (Å²) >= 11 is 0. The first kappa shape index (κ1) is 11.7. The van der Waals surface area contributed by atoms with Crippen molar-refractivity contribution in [2.45, 2.75) is 27.2 Å². The molecule has 88 valence electrons. The number of pyridine rings is 1. The van der Waals surface area contributed by atoms with Crippen LogP contribution < -0.4 is 4.90 Å². The number of aromatic nitrogens is 1. The summed E-state index contributed by atoms with van der Waals surface area (Å²) in [5.41, 5.74) is 4.05. The van der Waals surface area contributed by atoms with Crippen molar-refractivity contribution in [3.05, 3.63) is 34.5 Å². The first-order chi connectivity index (χ1) is 8.11. The second kappa shape index (κ2) is 4.58. The van der Waals surface area contributed by atoms with Crippen LogP contribution in [0.15, 0.2) is 17.7 Å². The Morgan fingerprint density at radius 2 is 2.12 bits per heavy atom. The van der Waals surface area contributed by atoms with Crippen molar-refractivity contribution in [1.82, 2.24) is 4.98 Å². The highest BCUT2D eigenvalue weighted by Gasteiger charge is 2.17. The zero-order chi connectivity index (χ0) is 12.4. The molecule has 1 aromatic rings. The van der Waals surface area contributed by atoms with Crippen molar-refractivity contribution in [2.75, 3.05) is 18.0 Å². The summed E-state index contributed by atoms with van der Waals surface area (Å²) in [6.07, 6.45) is 3.29. The van der Waals surface area contributed by atoms with E-state index in [2.05, 4.69) is 29.0 Å². The third-order valence-electron chi connectivity index (χ3n) is 3.07. The lowest BCUT2D eigenvalue weighted by molar-refractivity contribution is 0.773. The van der Waals surface area contributed by atoms with E-state index >= 15 is 0 Å². The fourth-order valence-electron chi connectivity index (χ4n) is 2.28. The van der Waals surface area contributed by atoms with E-state index < -0.39 is 0 Å². The summed E-state index contributed by atoms with van der Waals surface area (Å²) in [6.45, 7) is 7.90. The Hall–Kier alpha value is -1.82. The molecule has 1 aromatic heterocycles. The van der Waals surface area contributed by atoms with E-state index in [4.69, 9.17) is 0 Å². The molecule has 0 bridgehead atoms. The molecule has 0 spiro atoms. The molecule has 0 atom stereocenters. The largest absolute Gasteiger partial charge is 0.351 e. The molecule has 3 nitrogen and oxygen atoms in total. The van der Waals surface area contributed by atoms with Crippen LogP contribution in [0.25, 0.3) is 0 Å². The number of hydrogen-bond acceptors (Lipinski definition) is 3. The van der Waals surface area contributed by atoms with Gasteiger partial charge in [0.15, 0.2) is 0 Å². The minimum Gasteiger partial charge on any atom is -0.351 e. The van der Waals surface area contributed by atoms with E-state index in [1.165, 1.54) is 5.57 Å². The third-order valence-corrected chi connectivity index (χ3v) is 3.07. The maximum Gasteiger partial charge on any atom is 0.147 e. The standard InChI is InChI=1S/C14H17N3/c1-10-5-4-6-17(9-10)14-13(8-15)11(2)7-12(3)16-14/h5,7H,4,6,9H2,1-3H3. The predicted octanol–water partition coefficient (Wildman–Crippen LogP) is 2.73. The number of aryl methyl sites for hydroxylation is 2. The average Bonchev–Trinajstić information content (AvgIpc) is 2.28. The van der Waals surface area contributed by atoms with Gasteiger partial charge in [-0.2, -0.15) is 5.26 Å². The minimum atomic E-state index is 0.713. The predicted molar refractivity (Wildman–Crippen MR) is 69.0 cm³/mol. The number of nitrogens with zero attached hydrogens (tertiary/aromatic N) is 3. The fourth-order valence-corrected chi connectivity index (χ4v) is 2.28. The fraction of sp³-hybridized carbons (Fsp3) is 0.429. The Kier molecular flexibility index (Phi) is 3.14. The minimum absolute atomic E-state index is 0.713. The molecule has 3 heteroatoms. The van der Waals surface area contributed by atoms with Gasteiger partial charge in [0, 0.05) is 18.8 Å². The quantitative estimate of drug-likeness (QED) is 0.692. The van der Waals surface area contributed by atoms with Crippen molar-refractivity contribution in [2.24, 2.45) is 0 Å². The molecule has 0 fully saturated rings. The van der Waals surface area contributed by atoms with Crippen LogP contribution >= 0.6 is 0 Å². The summed E-state index contributed by atoms with van der Waals surface area (Å²) in [4.78, 5) is 6.74. The average molecular weight is 227 g/mol. The molecule has 2 heterocycles. The van der Waals surface area contributed by atoms with Crippen LogP contribution in [-0.2, 0) is 0 Å². The monoisotopic (exact) mass is 227 g/mol.